The van der Waals surface area contributed by atoms with Gasteiger partial charge in [-0.15, -0.1) is 24.0 Å². The molecule has 0 radical (unpaired) electrons. The maximum Gasteiger partial charge on any atom is 0.191 e. The van der Waals surface area contributed by atoms with E-state index in [1.807, 2.05) is 13.0 Å². The van der Waals surface area contributed by atoms with Gasteiger partial charge in [0.05, 0.1) is 13.7 Å². The van der Waals surface area contributed by atoms with Gasteiger partial charge in [-0.3, -0.25) is 4.90 Å². The third kappa shape index (κ3) is 8.22. The van der Waals surface area contributed by atoms with Crippen molar-refractivity contribution >= 4 is 29.9 Å². The molecule has 0 unspecified atom stereocenters. The maximum absolute atomic E-state index is 10.1. The van der Waals surface area contributed by atoms with E-state index in [0.717, 1.165) is 30.4 Å². The molecule has 0 saturated carbocycles. The Morgan fingerprint density at radius 2 is 1.74 bits per heavy atom. The zero-order chi connectivity index (χ0) is 21.2. The summed E-state index contributed by atoms with van der Waals surface area (Å²) in [5.74, 6) is 1.68. The topological polar surface area (TPSA) is 69.1 Å². The van der Waals surface area contributed by atoms with E-state index in [4.69, 9.17) is 4.74 Å². The number of ether oxygens (including phenoxy) is 1. The van der Waals surface area contributed by atoms with E-state index in [0.29, 0.717) is 13.1 Å². The standard InChI is InChI=1S/C24H34N4O2.HI/c1-3-25-24(27-17-21-15-22(30-2)11-12-23(21)29)26-16-19-7-9-20(10-8-19)18-28-13-5-4-6-14-28;/h7-12,15,29H,3-6,13-14,16-18H2,1-2H3,(H2,25,26,27);1H. The molecule has 7 heteroatoms. The van der Waals surface area contributed by atoms with Gasteiger partial charge in [0.1, 0.15) is 11.5 Å². The first-order chi connectivity index (χ1) is 14.7. The number of methoxy groups -OCH3 is 1. The van der Waals surface area contributed by atoms with E-state index in [1.165, 1.54) is 43.5 Å². The lowest BCUT2D eigenvalue weighted by Gasteiger charge is -2.26. The van der Waals surface area contributed by atoms with E-state index >= 15 is 0 Å². The number of likely N-dealkylation sites (tertiary alicyclic amines) is 1. The summed E-state index contributed by atoms with van der Waals surface area (Å²) in [5, 5.41) is 16.6. The summed E-state index contributed by atoms with van der Waals surface area (Å²) < 4.78 is 5.24. The van der Waals surface area contributed by atoms with Crippen LogP contribution in [0, 0.1) is 0 Å². The Balaban J connectivity index is 0.00000341. The van der Waals surface area contributed by atoms with Crippen LogP contribution in [0.1, 0.15) is 42.9 Å². The van der Waals surface area contributed by atoms with Gasteiger partial charge < -0.3 is 20.5 Å². The number of nitrogens with one attached hydrogen (secondary N) is 2. The predicted molar refractivity (Wildman–Crippen MR) is 137 cm³/mol. The Kier molecular flexibility index (Phi) is 10.9. The fourth-order valence-electron chi connectivity index (χ4n) is 3.65. The van der Waals surface area contributed by atoms with Crippen LogP contribution >= 0.6 is 24.0 Å². The molecule has 0 aliphatic carbocycles. The summed E-state index contributed by atoms with van der Waals surface area (Å²) in [6.45, 7) is 7.34. The Hall–Kier alpha value is -2.00. The number of aromatic hydroxyl groups is 1. The smallest absolute Gasteiger partial charge is 0.191 e. The Morgan fingerprint density at radius 3 is 2.42 bits per heavy atom. The zero-order valence-corrected chi connectivity index (χ0v) is 20.9. The molecule has 3 rings (SSSR count). The molecule has 3 N–H and O–H groups in total. The summed E-state index contributed by atoms with van der Waals surface area (Å²) in [4.78, 5) is 7.23. The second kappa shape index (κ2) is 13.4. The van der Waals surface area contributed by atoms with Gasteiger partial charge in [-0.1, -0.05) is 30.7 Å². The lowest BCUT2D eigenvalue weighted by Crippen LogP contribution is -2.36. The Bertz CT molecular complexity index is 821. The van der Waals surface area contributed by atoms with E-state index in [-0.39, 0.29) is 29.7 Å². The van der Waals surface area contributed by atoms with E-state index in [2.05, 4.69) is 44.8 Å². The molecule has 2 aromatic rings. The molecule has 2 aromatic carbocycles. The first-order valence-electron chi connectivity index (χ1n) is 10.9. The van der Waals surface area contributed by atoms with Gasteiger partial charge in [0.15, 0.2) is 5.96 Å². The van der Waals surface area contributed by atoms with Crippen LogP contribution in [0.15, 0.2) is 47.5 Å². The summed E-state index contributed by atoms with van der Waals surface area (Å²) in [7, 11) is 1.62. The lowest BCUT2D eigenvalue weighted by molar-refractivity contribution is 0.221. The fraction of sp³-hybridized carbons (Fsp3) is 0.458. The molecular formula is C24H35IN4O2. The van der Waals surface area contributed by atoms with Crippen LogP contribution in [0.3, 0.4) is 0 Å². The van der Waals surface area contributed by atoms with Crippen molar-refractivity contribution in [3.63, 3.8) is 0 Å². The van der Waals surface area contributed by atoms with Crippen molar-refractivity contribution in [2.24, 2.45) is 4.99 Å². The average Bonchev–Trinajstić information content (AvgIpc) is 2.78. The van der Waals surface area contributed by atoms with Crippen molar-refractivity contribution in [2.75, 3.05) is 26.7 Å². The van der Waals surface area contributed by atoms with Crippen LogP contribution in [0.2, 0.25) is 0 Å². The molecular weight excluding hydrogens is 503 g/mol. The number of halogens is 1. The minimum Gasteiger partial charge on any atom is -0.508 e. The van der Waals surface area contributed by atoms with Crippen LogP contribution in [0.25, 0.3) is 0 Å². The first-order valence-corrected chi connectivity index (χ1v) is 10.9. The minimum atomic E-state index is 0. The molecule has 0 aromatic heterocycles. The lowest BCUT2D eigenvalue weighted by atomic mass is 10.1. The highest BCUT2D eigenvalue weighted by atomic mass is 127. The third-order valence-electron chi connectivity index (χ3n) is 5.37. The number of phenolic OH excluding ortho intramolecular Hbond substituents is 1. The number of rotatable bonds is 8. The molecule has 0 bridgehead atoms. The molecule has 1 saturated heterocycles. The zero-order valence-electron chi connectivity index (χ0n) is 18.6. The fourth-order valence-corrected chi connectivity index (χ4v) is 3.65. The van der Waals surface area contributed by atoms with Crippen molar-refractivity contribution in [3.8, 4) is 11.5 Å². The number of hydrogen-bond acceptors (Lipinski definition) is 4. The van der Waals surface area contributed by atoms with Crippen LogP contribution in [0.5, 0.6) is 11.5 Å². The monoisotopic (exact) mass is 538 g/mol. The van der Waals surface area contributed by atoms with Gasteiger partial charge in [0.2, 0.25) is 0 Å². The second-order valence-electron chi connectivity index (χ2n) is 7.70. The number of piperidine rings is 1. The number of guanidine groups is 1. The van der Waals surface area contributed by atoms with Crippen molar-refractivity contribution < 1.29 is 9.84 Å². The highest BCUT2D eigenvalue weighted by Crippen LogP contribution is 2.22. The van der Waals surface area contributed by atoms with Gasteiger partial charge >= 0.3 is 0 Å². The Morgan fingerprint density at radius 1 is 1.03 bits per heavy atom. The van der Waals surface area contributed by atoms with Crippen molar-refractivity contribution in [2.45, 2.75) is 45.8 Å². The van der Waals surface area contributed by atoms with E-state index in [9.17, 15) is 5.11 Å². The largest absolute Gasteiger partial charge is 0.508 e. The van der Waals surface area contributed by atoms with E-state index < -0.39 is 0 Å². The Labute approximate surface area is 203 Å². The van der Waals surface area contributed by atoms with Gasteiger partial charge in [-0.25, -0.2) is 4.99 Å². The molecule has 1 heterocycles. The molecule has 6 nitrogen and oxygen atoms in total. The number of aliphatic imine (C=N–C) groups is 1. The number of hydrogen-bond donors (Lipinski definition) is 3. The molecule has 0 atom stereocenters. The van der Waals surface area contributed by atoms with Crippen LogP contribution in [0.4, 0.5) is 0 Å². The van der Waals surface area contributed by atoms with Gasteiger partial charge in [0.25, 0.3) is 0 Å². The minimum absolute atomic E-state index is 0. The molecule has 1 aliphatic heterocycles. The normalized spacial score (nSPS) is 14.6. The number of nitrogens with zero attached hydrogens (tertiary/aromatic N) is 2. The van der Waals surface area contributed by atoms with Gasteiger partial charge in [-0.2, -0.15) is 0 Å². The quantitative estimate of drug-likeness (QED) is 0.266. The van der Waals surface area contributed by atoms with Gasteiger partial charge in [-0.05, 0) is 62.2 Å². The highest BCUT2D eigenvalue weighted by Gasteiger charge is 2.10. The molecule has 1 fully saturated rings. The predicted octanol–water partition coefficient (Wildman–Crippen LogP) is 4.26. The second-order valence-corrected chi connectivity index (χ2v) is 7.70. The summed E-state index contributed by atoms with van der Waals surface area (Å²) >= 11 is 0. The first kappa shape index (κ1) is 25.3. The van der Waals surface area contributed by atoms with Crippen LogP contribution < -0.4 is 15.4 Å². The number of benzene rings is 2. The van der Waals surface area contributed by atoms with Crippen molar-refractivity contribution in [3.05, 3.63) is 59.2 Å². The summed E-state index contributed by atoms with van der Waals surface area (Å²) in [5.41, 5.74) is 3.31. The van der Waals surface area contributed by atoms with Gasteiger partial charge in [0, 0.05) is 25.2 Å². The average molecular weight is 538 g/mol. The van der Waals surface area contributed by atoms with Crippen LogP contribution in [-0.2, 0) is 19.6 Å². The van der Waals surface area contributed by atoms with E-state index in [1.54, 1.807) is 19.2 Å². The molecule has 0 amide bonds. The van der Waals surface area contributed by atoms with Crippen molar-refractivity contribution in [1.29, 1.82) is 0 Å². The maximum atomic E-state index is 10.1. The summed E-state index contributed by atoms with van der Waals surface area (Å²) in [6, 6.07) is 14.0. The van der Waals surface area contributed by atoms with Crippen LogP contribution in [-0.4, -0.2) is 42.7 Å². The SMILES string of the molecule is CCNC(=NCc1ccc(CN2CCCCC2)cc1)NCc1cc(OC)ccc1O.I. The highest BCUT2D eigenvalue weighted by molar-refractivity contribution is 14.0. The number of phenols is 1. The molecule has 1 aliphatic rings. The van der Waals surface area contributed by atoms with Crippen molar-refractivity contribution in [1.82, 2.24) is 15.5 Å². The molecule has 170 valence electrons. The molecule has 0 spiro atoms. The molecule has 31 heavy (non-hydrogen) atoms. The third-order valence-corrected chi connectivity index (χ3v) is 5.37. The summed E-state index contributed by atoms with van der Waals surface area (Å²) in [6.07, 6.45) is 4.01.